The van der Waals surface area contributed by atoms with Gasteiger partial charge in [0.15, 0.2) is 0 Å². The molecule has 0 unspecified atom stereocenters. The summed E-state index contributed by atoms with van der Waals surface area (Å²) in [4.78, 5) is 27.4. The molecule has 0 aliphatic carbocycles. The summed E-state index contributed by atoms with van der Waals surface area (Å²) in [6.45, 7) is 5.78. The maximum absolute atomic E-state index is 13.3. The molecule has 31 heavy (non-hydrogen) atoms. The fraction of sp³-hybridized carbons (Fsp3) is 0.458. The molecule has 1 fully saturated rings. The maximum Gasteiger partial charge on any atom is 0.310 e. The molecule has 2 aliphatic rings. The Morgan fingerprint density at radius 2 is 2.03 bits per heavy atom. The summed E-state index contributed by atoms with van der Waals surface area (Å²) in [6, 6.07) is 11.6. The van der Waals surface area contributed by atoms with Crippen LogP contribution in [0.2, 0.25) is 0 Å². The third-order valence-electron chi connectivity index (χ3n) is 5.91. The Balaban J connectivity index is 1.49. The van der Waals surface area contributed by atoms with Crippen LogP contribution in [0.15, 0.2) is 52.2 Å². The second-order valence-corrected chi connectivity index (χ2v) is 8.21. The molecule has 2 aromatic rings. The summed E-state index contributed by atoms with van der Waals surface area (Å²) < 4.78 is 10.8. The molecule has 0 radical (unpaired) electrons. The molecule has 1 aromatic heterocycles. The molecule has 0 spiro atoms. The van der Waals surface area contributed by atoms with E-state index in [1.165, 1.54) is 5.56 Å². The normalized spacial score (nSPS) is 21.7. The lowest BCUT2D eigenvalue weighted by molar-refractivity contribution is -0.150. The van der Waals surface area contributed by atoms with E-state index in [-0.39, 0.29) is 30.4 Å². The SMILES string of the molecule is CCOC(=O)[C@@H]1CCCN(CC(=O)N2N=C(c3ccc(C)cc3)C[C@H]2c2ccco2)C1. The number of hydrogen-bond acceptors (Lipinski definition) is 6. The zero-order valence-electron chi connectivity index (χ0n) is 18.1. The van der Waals surface area contributed by atoms with Gasteiger partial charge in [-0.25, -0.2) is 5.01 Å². The standard InChI is InChI=1S/C24H29N3O4/c1-3-30-24(29)19-6-4-12-26(15-19)16-23(28)27-21(22-7-5-13-31-22)14-20(25-27)18-10-8-17(2)9-11-18/h5,7-11,13,19,21H,3-4,6,12,14-16H2,1-2H3/t19-,21+/m1/s1. The van der Waals surface area contributed by atoms with E-state index in [9.17, 15) is 9.59 Å². The van der Waals surface area contributed by atoms with Gasteiger partial charge in [-0.2, -0.15) is 5.10 Å². The summed E-state index contributed by atoms with van der Waals surface area (Å²) in [7, 11) is 0. The van der Waals surface area contributed by atoms with Gasteiger partial charge in [0.25, 0.3) is 5.91 Å². The first-order valence-corrected chi connectivity index (χ1v) is 10.9. The van der Waals surface area contributed by atoms with Crippen molar-refractivity contribution in [1.29, 1.82) is 0 Å². The van der Waals surface area contributed by atoms with E-state index in [2.05, 4.69) is 0 Å². The van der Waals surface area contributed by atoms with Gasteiger partial charge in [0, 0.05) is 13.0 Å². The number of nitrogens with zero attached hydrogens (tertiary/aromatic N) is 3. The van der Waals surface area contributed by atoms with Gasteiger partial charge < -0.3 is 9.15 Å². The zero-order valence-corrected chi connectivity index (χ0v) is 18.1. The molecule has 164 valence electrons. The third-order valence-corrected chi connectivity index (χ3v) is 5.91. The summed E-state index contributed by atoms with van der Waals surface area (Å²) >= 11 is 0. The number of carbonyl (C=O) groups is 2. The van der Waals surface area contributed by atoms with Crippen molar-refractivity contribution < 1.29 is 18.7 Å². The van der Waals surface area contributed by atoms with Crippen LogP contribution in [-0.4, -0.2) is 53.7 Å². The number of likely N-dealkylation sites (tertiary alicyclic amines) is 1. The van der Waals surface area contributed by atoms with Crippen LogP contribution in [0, 0.1) is 12.8 Å². The number of piperidine rings is 1. The molecule has 1 amide bonds. The first-order valence-electron chi connectivity index (χ1n) is 10.9. The van der Waals surface area contributed by atoms with Crippen molar-refractivity contribution in [2.24, 2.45) is 11.0 Å². The molecule has 0 saturated carbocycles. The first kappa shape index (κ1) is 21.3. The van der Waals surface area contributed by atoms with Gasteiger partial charge in [0.1, 0.15) is 11.8 Å². The number of hydrazone groups is 1. The van der Waals surface area contributed by atoms with Gasteiger partial charge in [-0.15, -0.1) is 0 Å². The number of benzene rings is 1. The number of esters is 1. The van der Waals surface area contributed by atoms with Crippen molar-refractivity contribution in [1.82, 2.24) is 9.91 Å². The average molecular weight is 424 g/mol. The van der Waals surface area contributed by atoms with Crippen LogP contribution in [0.4, 0.5) is 0 Å². The second-order valence-electron chi connectivity index (χ2n) is 8.21. The van der Waals surface area contributed by atoms with Crippen LogP contribution in [0.25, 0.3) is 0 Å². The lowest BCUT2D eigenvalue weighted by Crippen LogP contribution is -2.44. The molecule has 2 aliphatic heterocycles. The smallest absolute Gasteiger partial charge is 0.310 e. The molecule has 4 rings (SSSR count). The first-order chi connectivity index (χ1) is 15.0. The fourth-order valence-electron chi connectivity index (χ4n) is 4.28. The van der Waals surface area contributed by atoms with Crippen molar-refractivity contribution in [2.75, 3.05) is 26.2 Å². The number of furan rings is 1. The van der Waals surface area contributed by atoms with Gasteiger partial charge in [-0.3, -0.25) is 14.5 Å². The highest BCUT2D eigenvalue weighted by molar-refractivity contribution is 6.03. The lowest BCUT2D eigenvalue weighted by Gasteiger charge is -2.32. The fourth-order valence-corrected chi connectivity index (χ4v) is 4.28. The average Bonchev–Trinajstić information content (AvgIpc) is 3.45. The molecular formula is C24H29N3O4. The van der Waals surface area contributed by atoms with E-state index in [4.69, 9.17) is 14.3 Å². The van der Waals surface area contributed by atoms with E-state index in [1.807, 2.05) is 55.1 Å². The molecule has 1 aromatic carbocycles. The minimum atomic E-state index is -0.260. The van der Waals surface area contributed by atoms with E-state index >= 15 is 0 Å². The maximum atomic E-state index is 13.3. The van der Waals surface area contributed by atoms with Crippen molar-refractivity contribution in [2.45, 2.75) is 39.2 Å². The summed E-state index contributed by atoms with van der Waals surface area (Å²) in [5.74, 6) is 0.289. The number of ether oxygens (including phenoxy) is 1. The number of aryl methyl sites for hydroxylation is 1. The Kier molecular flexibility index (Phi) is 6.51. The van der Waals surface area contributed by atoms with E-state index in [1.54, 1.807) is 11.3 Å². The molecule has 2 atom stereocenters. The number of hydrogen-bond donors (Lipinski definition) is 0. The Morgan fingerprint density at radius 3 is 2.74 bits per heavy atom. The Morgan fingerprint density at radius 1 is 1.23 bits per heavy atom. The summed E-state index contributed by atoms with van der Waals surface area (Å²) in [6.07, 6.45) is 3.90. The molecule has 7 heteroatoms. The van der Waals surface area contributed by atoms with Gasteiger partial charge in [0.05, 0.1) is 31.0 Å². The molecule has 7 nitrogen and oxygen atoms in total. The minimum absolute atomic E-state index is 0.0898. The van der Waals surface area contributed by atoms with Gasteiger partial charge >= 0.3 is 5.97 Å². The Labute approximate surface area is 182 Å². The van der Waals surface area contributed by atoms with Crippen LogP contribution < -0.4 is 0 Å². The summed E-state index contributed by atoms with van der Waals surface area (Å²) in [5.41, 5.74) is 3.06. The molecular weight excluding hydrogens is 394 g/mol. The lowest BCUT2D eigenvalue weighted by atomic mass is 9.98. The monoisotopic (exact) mass is 423 g/mol. The van der Waals surface area contributed by atoms with E-state index < -0.39 is 0 Å². The predicted octanol–water partition coefficient (Wildman–Crippen LogP) is 3.54. The highest BCUT2D eigenvalue weighted by Gasteiger charge is 2.36. The quantitative estimate of drug-likeness (QED) is 0.665. The van der Waals surface area contributed by atoms with Crippen LogP contribution in [0.5, 0.6) is 0 Å². The number of amides is 1. The summed E-state index contributed by atoms with van der Waals surface area (Å²) in [5, 5.41) is 6.25. The van der Waals surface area contributed by atoms with Gasteiger partial charge in [0.2, 0.25) is 0 Å². The number of rotatable bonds is 6. The number of carbonyl (C=O) groups excluding carboxylic acids is 2. The van der Waals surface area contributed by atoms with Crippen LogP contribution in [0.1, 0.15) is 49.1 Å². The highest BCUT2D eigenvalue weighted by Crippen LogP contribution is 2.33. The van der Waals surface area contributed by atoms with Crippen LogP contribution in [-0.2, 0) is 14.3 Å². The van der Waals surface area contributed by atoms with Crippen LogP contribution in [0.3, 0.4) is 0 Å². The van der Waals surface area contributed by atoms with Crippen molar-refractivity contribution in [3.8, 4) is 0 Å². The highest BCUT2D eigenvalue weighted by atomic mass is 16.5. The molecule has 0 N–H and O–H groups in total. The minimum Gasteiger partial charge on any atom is -0.467 e. The van der Waals surface area contributed by atoms with Crippen LogP contribution >= 0.6 is 0 Å². The Hall–Kier alpha value is -2.93. The van der Waals surface area contributed by atoms with Gasteiger partial charge in [-0.1, -0.05) is 29.8 Å². The zero-order chi connectivity index (χ0) is 21.8. The largest absolute Gasteiger partial charge is 0.467 e. The molecule has 1 saturated heterocycles. The third kappa shape index (κ3) is 4.88. The van der Waals surface area contributed by atoms with Crippen molar-refractivity contribution in [3.63, 3.8) is 0 Å². The predicted molar refractivity (Wildman–Crippen MR) is 116 cm³/mol. The second kappa shape index (κ2) is 9.47. The molecule has 3 heterocycles. The topological polar surface area (TPSA) is 75.3 Å². The van der Waals surface area contributed by atoms with Gasteiger partial charge in [-0.05, 0) is 50.9 Å². The van der Waals surface area contributed by atoms with Crippen molar-refractivity contribution >= 4 is 17.6 Å². The van der Waals surface area contributed by atoms with Crippen molar-refractivity contribution in [3.05, 3.63) is 59.5 Å². The van der Waals surface area contributed by atoms with E-state index in [0.29, 0.717) is 19.6 Å². The molecule has 0 bridgehead atoms. The Bertz CT molecular complexity index is 936. The van der Waals surface area contributed by atoms with E-state index in [0.717, 1.165) is 36.4 Å².